The second-order valence-corrected chi connectivity index (χ2v) is 6.52. The van der Waals surface area contributed by atoms with E-state index in [1.807, 2.05) is 26.1 Å². The fourth-order valence-electron chi connectivity index (χ4n) is 2.63. The second-order valence-electron chi connectivity index (χ2n) is 6.52. The summed E-state index contributed by atoms with van der Waals surface area (Å²) in [6, 6.07) is 11.7. The summed E-state index contributed by atoms with van der Waals surface area (Å²) in [6.07, 6.45) is 0.279. The van der Waals surface area contributed by atoms with Crippen molar-refractivity contribution in [1.82, 2.24) is 10.2 Å². The average Bonchev–Trinajstić information content (AvgIpc) is 2.67. The number of amides is 1. The average molecular weight is 424 g/mol. The van der Waals surface area contributed by atoms with E-state index < -0.39 is 11.0 Å². The first kappa shape index (κ1) is 24.2. The highest BCUT2D eigenvalue weighted by molar-refractivity contribution is 5.85. The summed E-state index contributed by atoms with van der Waals surface area (Å²) in [7, 11) is 5.13. The highest BCUT2D eigenvalue weighted by Crippen LogP contribution is 2.25. The van der Waals surface area contributed by atoms with Crippen LogP contribution in [0.3, 0.4) is 0 Å². The number of ether oxygens (including phenoxy) is 2. The molecule has 158 valence electrons. The molecule has 0 fully saturated rings. The monoisotopic (exact) mass is 423 g/mol. The Morgan fingerprint density at radius 2 is 1.86 bits per heavy atom. The molecule has 2 aromatic rings. The topological polar surface area (TPSA) is 93.9 Å². The number of benzene rings is 2. The maximum absolute atomic E-state index is 11.7. The molecule has 1 N–H and O–H groups in total. The van der Waals surface area contributed by atoms with Crippen molar-refractivity contribution in [2.75, 3.05) is 27.7 Å². The molecule has 0 saturated carbocycles. The first-order chi connectivity index (χ1) is 13.3. The van der Waals surface area contributed by atoms with E-state index in [4.69, 9.17) is 9.47 Å². The van der Waals surface area contributed by atoms with E-state index in [0.29, 0.717) is 24.5 Å². The Morgan fingerprint density at radius 1 is 1.21 bits per heavy atom. The number of nitro benzene ring substituents is 1. The molecular formula is C20H26ClN3O5. The molecule has 29 heavy (non-hydrogen) atoms. The number of rotatable bonds is 8. The van der Waals surface area contributed by atoms with Gasteiger partial charge >= 0.3 is 6.09 Å². The van der Waals surface area contributed by atoms with Gasteiger partial charge in [0.15, 0.2) is 0 Å². The molecule has 0 aliphatic heterocycles. The van der Waals surface area contributed by atoms with E-state index in [2.05, 4.69) is 5.32 Å². The smallest absolute Gasteiger partial charge is 0.414 e. The van der Waals surface area contributed by atoms with Crippen molar-refractivity contribution >= 4 is 24.2 Å². The van der Waals surface area contributed by atoms with Crippen molar-refractivity contribution in [3.05, 3.63) is 63.7 Å². The molecule has 9 heteroatoms. The van der Waals surface area contributed by atoms with Crippen molar-refractivity contribution in [1.29, 1.82) is 0 Å². The van der Waals surface area contributed by atoms with Gasteiger partial charge < -0.3 is 19.7 Å². The van der Waals surface area contributed by atoms with Gasteiger partial charge in [-0.1, -0.05) is 12.1 Å². The van der Waals surface area contributed by atoms with Crippen LogP contribution in [0.25, 0.3) is 0 Å². The molecule has 1 amide bonds. The van der Waals surface area contributed by atoms with Crippen LogP contribution in [-0.2, 0) is 0 Å². The van der Waals surface area contributed by atoms with Gasteiger partial charge in [0.1, 0.15) is 11.5 Å². The zero-order chi connectivity index (χ0) is 20.7. The summed E-state index contributed by atoms with van der Waals surface area (Å²) in [4.78, 5) is 23.3. The van der Waals surface area contributed by atoms with Crippen LogP contribution in [0.2, 0.25) is 0 Å². The largest absolute Gasteiger partial charge is 0.494 e. The van der Waals surface area contributed by atoms with Gasteiger partial charge in [-0.3, -0.25) is 10.1 Å². The predicted molar refractivity (Wildman–Crippen MR) is 113 cm³/mol. The molecule has 2 rings (SSSR count). The van der Waals surface area contributed by atoms with Gasteiger partial charge in [-0.25, -0.2) is 4.79 Å². The first-order valence-corrected chi connectivity index (χ1v) is 8.86. The van der Waals surface area contributed by atoms with E-state index in [-0.39, 0.29) is 24.1 Å². The lowest BCUT2D eigenvalue weighted by molar-refractivity contribution is -0.384. The van der Waals surface area contributed by atoms with Crippen LogP contribution in [-0.4, -0.2) is 43.7 Å². The third-order valence-electron chi connectivity index (χ3n) is 4.24. The van der Waals surface area contributed by atoms with Crippen LogP contribution in [0, 0.1) is 17.0 Å². The molecule has 0 saturated heterocycles. The normalized spacial score (nSPS) is 11.2. The lowest BCUT2D eigenvalue weighted by Crippen LogP contribution is -2.25. The molecule has 8 nitrogen and oxygen atoms in total. The summed E-state index contributed by atoms with van der Waals surface area (Å²) in [6.45, 7) is 2.33. The molecule has 1 atom stereocenters. The summed E-state index contributed by atoms with van der Waals surface area (Å²) >= 11 is 0. The number of hydrogen-bond acceptors (Lipinski definition) is 6. The molecule has 0 aromatic heterocycles. The number of halogens is 1. The van der Waals surface area contributed by atoms with Crippen molar-refractivity contribution in [3.63, 3.8) is 0 Å². The maximum atomic E-state index is 11.7. The SMILES string of the molecule is CNC(CCOc1ccc([N+](=O)[O-])cc1)c1ccc(OC(=O)N(C)C)c(C)c1.Cl. The van der Waals surface area contributed by atoms with E-state index >= 15 is 0 Å². The number of aryl methyl sites for hydroxylation is 1. The zero-order valence-corrected chi connectivity index (χ0v) is 17.7. The lowest BCUT2D eigenvalue weighted by Gasteiger charge is -2.19. The van der Waals surface area contributed by atoms with E-state index in [1.165, 1.54) is 17.0 Å². The standard InChI is InChI=1S/C20H25N3O5.ClH/c1-14-13-15(5-10-19(14)28-20(24)22(3)4)18(21-2)11-12-27-17-8-6-16(7-9-17)23(25)26;/h5-10,13,18,21H,11-12H2,1-4H3;1H. The number of nitro groups is 1. The minimum absolute atomic E-state index is 0. The molecule has 0 aliphatic carbocycles. The van der Waals surface area contributed by atoms with Crippen LogP contribution in [0.1, 0.15) is 23.6 Å². The Kier molecular flexibility index (Phi) is 9.37. The van der Waals surface area contributed by atoms with E-state index in [9.17, 15) is 14.9 Å². The molecule has 0 spiro atoms. The molecule has 1 unspecified atom stereocenters. The van der Waals surface area contributed by atoms with Gasteiger partial charge in [0, 0.05) is 38.7 Å². The minimum Gasteiger partial charge on any atom is -0.494 e. The van der Waals surface area contributed by atoms with E-state index in [1.54, 1.807) is 32.3 Å². The maximum Gasteiger partial charge on any atom is 0.414 e. The van der Waals surface area contributed by atoms with Gasteiger partial charge in [-0.05, 0) is 43.3 Å². The van der Waals surface area contributed by atoms with Crippen LogP contribution in [0.4, 0.5) is 10.5 Å². The summed E-state index contributed by atoms with van der Waals surface area (Å²) in [5.74, 6) is 1.11. The minimum atomic E-state index is -0.442. The van der Waals surface area contributed by atoms with Crippen molar-refractivity contribution < 1.29 is 19.2 Å². The second kappa shape index (κ2) is 11.2. The Balaban J connectivity index is 0.00000420. The summed E-state index contributed by atoms with van der Waals surface area (Å²) in [5, 5.41) is 13.9. The quantitative estimate of drug-likeness (QED) is 0.507. The van der Waals surface area contributed by atoms with Crippen LogP contribution in [0.5, 0.6) is 11.5 Å². The predicted octanol–water partition coefficient (Wildman–Crippen LogP) is 4.12. The molecule has 0 radical (unpaired) electrons. The molecule has 0 bridgehead atoms. The number of nitrogens with zero attached hydrogens (tertiary/aromatic N) is 2. The van der Waals surface area contributed by atoms with Gasteiger partial charge in [0.25, 0.3) is 5.69 Å². The summed E-state index contributed by atoms with van der Waals surface area (Å²) in [5.41, 5.74) is 1.95. The molecule has 0 heterocycles. The fourth-order valence-corrected chi connectivity index (χ4v) is 2.63. The number of carbonyl (C=O) groups excluding carboxylic acids is 1. The Morgan fingerprint density at radius 3 is 2.38 bits per heavy atom. The van der Waals surface area contributed by atoms with Crippen LogP contribution >= 0.6 is 12.4 Å². The fraction of sp³-hybridized carbons (Fsp3) is 0.350. The van der Waals surface area contributed by atoms with E-state index in [0.717, 1.165) is 11.1 Å². The first-order valence-electron chi connectivity index (χ1n) is 8.86. The van der Waals surface area contributed by atoms with Crippen molar-refractivity contribution in [2.24, 2.45) is 0 Å². The highest BCUT2D eigenvalue weighted by Gasteiger charge is 2.14. The Labute approximate surface area is 176 Å². The Bertz CT molecular complexity index is 827. The zero-order valence-electron chi connectivity index (χ0n) is 16.9. The van der Waals surface area contributed by atoms with Gasteiger partial charge in [0.2, 0.25) is 0 Å². The van der Waals surface area contributed by atoms with Crippen LogP contribution < -0.4 is 14.8 Å². The summed E-state index contributed by atoms with van der Waals surface area (Å²) < 4.78 is 11.0. The van der Waals surface area contributed by atoms with Crippen molar-refractivity contribution in [3.8, 4) is 11.5 Å². The number of carbonyl (C=O) groups is 1. The lowest BCUT2D eigenvalue weighted by atomic mass is 10.0. The highest BCUT2D eigenvalue weighted by atomic mass is 35.5. The molecule has 2 aromatic carbocycles. The number of nitrogens with one attached hydrogen (secondary N) is 1. The Hall–Kier alpha value is -2.84. The third-order valence-corrected chi connectivity index (χ3v) is 4.24. The van der Waals surface area contributed by atoms with Gasteiger partial charge in [-0.2, -0.15) is 0 Å². The van der Waals surface area contributed by atoms with Gasteiger partial charge in [-0.15, -0.1) is 12.4 Å². The molecular weight excluding hydrogens is 398 g/mol. The third kappa shape index (κ3) is 6.92. The van der Waals surface area contributed by atoms with Gasteiger partial charge in [0.05, 0.1) is 11.5 Å². The molecule has 0 aliphatic rings. The van der Waals surface area contributed by atoms with Crippen molar-refractivity contribution in [2.45, 2.75) is 19.4 Å². The van der Waals surface area contributed by atoms with Crippen LogP contribution in [0.15, 0.2) is 42.5 Å². The number of non-ortho nitro benzene ring substituents is 1. The number of hydrogen-bond donors (Lipinski definition) is 1.